The molecule has 1 aliphatic carbocycles. The molecule has 1 N–H and O–H groups in total. The Bertz CT molecular complexity index is 1110. The van der Waals surface area contributed by atoms with Crippen LogP contribution < -0.4 is 10.4 Å². The summed E-state index contributed by atoms with van der Waals surface area (Å²) in [5.41, 5.74) is 0.590. The molecule has 0 spiro atoms. The zero-order chi connectivity index (χ0) is 28.7. The van der Waals surface area contributed by atoms with Crippen LogP contribution in [0.4, 0.5) is 0 Å². The van der Waals surface area contributed by atoms with Gasteiger partial charge in [0.15, 0.2) is 0 Å². The first-order valence-corrected chi connectivity index (χ1v) is 17.6. The largest absolute Gasteiger partial charge is 0.407 e. The number of hydrogen-bond donors (Lipinski definition) is 1. The van der Waals surface area contributed by atoms with Crippen molar-refractivity contribution in [2.24, 2.45) is 29.6 Å². The van der Waals surface area contributed by atoms with E-state index in [-0.39, 0.29) is 17.2 Å². The fourth-order valence-electron chi connectivity index (χ4n) is 8.60. The first-order valence-electron chi connectivity index (χ1n) is 15.7. The average molecular weight is 561 g/mol. The molecule has 218 valence electrons. The van der Waals surface area contributed by atoms with Crippen LogP contribution in [0.5, 0.6) is 0 Å². The third-order valence-electron chi connectivity index (χ3n) is 10.5. The lowest BCUT2D eigenvalue weighted by molar-refractivity contribution is -0.116. The summed E-state index contributed by atoms with van der Waals surface area (Å²) in [6, 6.07) is 22.0. The van der Waals surface area contributed by atoms with Gasteiger partial charge in [-0.05, 0) is 91.0 Å². The number of benzene rings is 2. The normalized spacial score (nSPS) is 34.4. The summed E-state index contributed by atoms with van der Waals surface area (Å²) in [5, 5.41) is 14.4. The van der Waals surface area contributed by atoms with Crippen molar-refractivity contribution in [3.8, 4) is 0 Å². The van der Waals surface area contributed by atoms with Crippen molar-refractivity contribution < 1.29 is 14.3 Å². The van der Waals surface area contributed by atoms with E-state index in [4.69, 9.17) is 9.16 Å². The first-order chi connectivity index (χ1) is 19.0. The molecule has 0 unspecified atom stereocenters. The van der Waals surface area contributed by atoms with Crippen molar-refractivity contribution in [3.63, 3.8) is 0 Å². The quantitative estimate of drug-likeness (QED) is 0.302. The second-order valence-electron chi connectivity index (χ2n) is 14.6. The molecule has 7 atom stereocenters. The van der Waals surface area contributed by atoms with Crippen LogP contribution in [-0.2, 0) is 9.16 Å². The van der Waals surface area contributed by atoms with Crippen molar-refractivity contribution in [2.45, 2.75) is 103 Å². The SMILES string of the molecule is C/C1=C/CC[C@@](C)(O)[C@@H]2O[C@H](C1)[C@H]1[C@H](CO[Si](c3ccccc3)(c3ccccc3)C(C)(C)C)CC[C@H](C(C)C)[C@H]12. The second-order valence-corrected chi connectivity index (χ2v) is 18.9. The van der Waals surface area contributed by atoms with E-state index in [2.05, 4.69) is 108 Å². The number of allylic oxidation sites excluding steroid dienone is 1. The highest BCUT2D eigenvalue weighted by Gasteiger charge is 2.59. The summed E-state index contributed by atoms with van der Waals surface area (Å²) in [4.78, 5) is 0. The Morgan fingerprint density at radius 1 is 0.975 bits per heavy atom. The van der Waals surface area contributed by atoms with Gasteiger partial charge in [-0.3, -0.25) is 0 Å². The van der Waals surface area contributed by atoms with Crippen molar-refractivity contribution in [2.75, 3.05) is 6.61 Å². The molecule has 2 fully saturated rings. The van der Waals surface area contributed by atoms with Gasteiger partial charge < -0.3 is 14.3 Å². The highest BCUT2D eigenvalue weighted by atomic mass is 28.4. The third-order valence-corrected chi connectivity index (χ3v) is 15.5. The molecule has 40 heavy (non-hydrogen) atoms. The van der Waals surface area contributed by atoms with Gasteiger partial charge in [-0.2, -0.15) is 0 Å². The van der Waals surface area contributed by atoms with E-state index in [0.29, 0.717) is 29.6 Å². The van der Waals surface area contributed by atoms with Crippen LogP contribution in [0, 0.1) is 29.6 Å². The van der Waals surface area contributed by atoms with Gasteiger partial charge in [0.25, 0.3) is 8.32 Å². The monoisotopic (exact) mass is 560 g/mol. The molecule has 2 aromatic carbocycles. The van der Waals surface area contributed by atoms with Crippen LogP contribution >= 0.6 is 0 Å². The Kier molecular flexibility index (Phi) is 8.57. The molecule has 0 amide bonds. The van der Waals surface area contributed by atoms with Crippen molar-refractivity contribution in [1.29, 1.82) is 0 Å². The van der Waals surface area contributed by atoms with Gasteiger partial charge in [-0.15, -0.1) is 0 Å². The van der Waals surface area contributed by atoms with Gasteiger partial charge in [-0.25, -0.2) is 0 Å². The number of fused-ring (bicyclic) bond motifs is 5. The Morgan fingerprint density at radius 3 is 2.12 bits per heavy atom. The molecule has 1 saturated carbocycles. The smallest absolute Gasteiger partial charge is 0.261 e. The zero-order valence-corrected chi connectivity index (χ0v) is 26.9. The van der Waals surface area contributed by atoms with E-state index in [1.54, 1.807) is 0 Å². The third kappa shape index (κ3) is 5.42. The predicted molar refractivity (Wildman–Crippen MR) is 168 cm³/mol. The van der Waals surface area contributed by atoms with E-state index in [0.717, 1.165) is 25.9 Å². The summed E-state index contributed by atoms with van der Waals surface area (Å²) < 4.78 is 14.5. The van der Waals surface area contributed by atoms with E-state index in [9.17, 15) is 5.11 Å². The summed E-state index contributed by atoms with van der Waals surface area (Å²) in [5.74, 6) is 2.33. The molecule has 2 heterocycles. The number of aliphatic hydroxyl groups is 1. The summed E-state index contributed by atoms with van der Waals surface area (Å²) in [6.07, 6.45) is 7.38. The van der Waals surface area contributed by atoms with Gasteiger partial charge in [0.1, 0.15) is 0 Å². The molecule has 0 aromatic heterocycles. The Morgan fingerprint density at radius 2 is 1.57 bits per heavy atom. The summed E-state index contributed by atoms with van der Waals surface area (Å²) >= 11 is 0. The van der Waals surface area contributed by atoms with Gasteiger partial charge in [0.05, 0.1) is 17.8 Å². The second kappa shape index (κ2) is 11.5. The fraction of sp³-hybridized carbons (Fsp3) is 0.611. The molecule has 2 aromatic rings. The van der Waals surface area contributed by atoms with E-state index in [1.165, 1.54) is 28.8 Å². The maximum absolute atomic E-state index is 11.8. The van der Waals surface area contributed by atoms with Crippen LogP contribution in [0.3, 0.4) is 0 Å². The van der Waals surface area contributed by atoms with Crippen LogP contribution in [0.1, 0.15) is 80.6 Å². The number of hydrogen-bond acceptors (Lipinski definition) is 3. The molecule has 3 aliphatic rings. The first kappa shape index (κ1) is 29.8. The molecule has 0 radical (unpaired) electrons. The van der Waals surface area contributed by atoms with E-state index >= 15 is 0 Å². The molecule has 2 bridgehead atoms. The molecule has 1 saturated heterocycles. The highest BCUT2D eigenvalue weighted by Crippen LogP contribution is 2.55. The average Bonchev–Trinajstić information content (AvgIpc) is 3.31. The van der Waals surface area contributed by atoms with Crippen LogP contribution in [0.2, 0.25) is 5.04 Å². The highest BCUT2D eigenvalue weighted by molar-refractivity contribution is 6.99. The maximum Gasteiger partial charge on any atom is 0.261 e. The Balaban J connectivity index is 1.55. The minimum Gasteiger partial charge on any atom is -0.407 e. The standard InChI is InChI=1S/C36H52O3Si/c1-25(2)30-21-20-27(32-31-23-26(3)15-14-22-36(7,37)34(39-31)33(30)32)24-38-40(35(4,5)6,28-16-10-8-11-17-28)29-18-12-9-13-19-29/h8-13,15-19,25,27,30-34,37H,14,20-24H2,1-7H3/b26-15-/t27-,30+,31+,32+,33+,34+,36+/m0/s1. The van der Waals surface area contributed by atoms with E-state index in [1.807, 2.05) is 6.92 Å². The van der Waals surface area contributed by atoms with Gasteiger partial charge >= 0.3 is 0 Å². The van der Waals surface area contributed by atoms with Crippen LogP contribution in [0.25, 0.3) is 0 Å². The molecule has 3 nitrogen and oxygen atoms in total. The van der Waals surface area contributed by atoms with E-state index < -0.39 is 13.9 Å². The summed E-state index contributed by atoms with van der Waals surface area (Å²) in [7, 11) is -2.62. The molecular formula is C36H52O3Si. The van der Waals surface area contributed by atoms with Crippen LogP contribution in [0.15, 0.2) is 72.3 Å². The molecule has 4 heteroatoms. The van der Waals surface area contributed by atoms with Gasteiger partial charge in [0, 0.05) is 6.61 Å². The Hall–Kier alpha value is -1.72. The fourth-order valence-corrected chi connectivity index (χ4v) is 13.2. The predicted octanol–water partition coefficient (Wildman–Crippen LogP) is 7.13. The topological polar surface area (TPSA) is 38.7 Å². The van der Waals surface area contributed by atoms with Crippen molar-refractivity contribution in [1.82, 2.24) is 0 Å². The minimum absolute atomic E-state index is 0.0395. The summed E-state index contributed by atoms with van der Waals surface area (Å²) in [6.45, 7) is 16.9. The zero-order valence-electron chi connectivity index (χ0n) is 25.9. The molecular weight excluding hydrogens is 508 g/mol. The van der Waals surface area contributed by atoms with Crippen LogP contribution in [-0.4, -0.2) is 37.8 Å². The molecule has 5 rings (SSSR count). The number of rotatable bonds is 6. The molecule has 2 aliphatic heterocycles. The van der Waals surface area contributed by atoms with Gasteiger partial charge in [-0.1, -0.05) is 107 Å². The number of ether oxygens (including phenoxy) is 1. The lowest BCUT2D eigenvalue weighted by Crippen LogP contribution is -2.67. The minimum atomic E-state index is -2.62. The van der Waals surface area contributed by atoms with Crippen molar-refractivity contribution in [3.05, 3.63) is 72.3 Å². The maximum atomic E-state index is 11.8. The van der Waals surface area contributed by atoms with Gasteiger partial charge in [0.2, 0.25) is 0 Å². The lowest BCUT2D eigenvalue weighted by Gasteiger charge is -2.48. The lowest BCUT2D eigenvalue weighted by atomic mass is 9.59. The Labute approximate surface area is 244 Å². The van der Waals surface area contributed by atoms with Crippen molar-refractivity contribution >= 4 is 18.7 Å².